The Morgan fingerprint density at radius 1 is 1.28 bits per heavy atom. The van der Waals surface area contributed by atoms with Gasteiger partial charge in [-0.15, -0.1) is 0 Å². The van der Waals surface area contributed by atoms with Gasteiger partial charge >= 0.3 is 0 Å². The number of methoxy groups -OCH3 is 2. The van der Waals surface area contributed by atoms with E-state index in [9.17, 15) is 5.11 Å². The molecule has 1 heterocycles. The topological polar surface area (TPSA) is 80.5 Å². The van der Waals surface area contributed by atoms with E-state index in [1.54, 1.807) is 14.2 Å². The number of fused-ring (bicyclic) bond motifs is 1. The molecule has 98 valence electrons. The van der Waals surface area contributed by atoms with Crippen LogP contribution in [0.3, 0.4) is 0 Å². The highest BCUT2D eigenvalue weighted by atomic mass is 16.5. The van der Waals surface area contributed by atoms with Crippen LogP contribution in [-0.4, -0.2) is 30.9 Å². The summed E-state index contributed by atoms with van der Waals surface area (Å²) in [6.07, 6.45) is -0.722. The van der Waals surface area contributed by atoms with Crippen LogP contribution in [-0.2, 0) is 0 Å². The maximum atomic E-state index is 10.0. The molecule has 1 aromatic carbocycles. The van der Waals surface area contributed by atoms with Gasteiger partial charge in [0, 0.05) is 17.8 Å². The highest BCUT2D eigenvalue weighted by Gasteiger charge is 2.20. The van der Waals surface area contributed by atoms with Gasteiger partial charge in [-0.25, -0.2) is 0 Å². The van der Waals surface area contributed by atoms with Crippen LogP contribution in [0.15, 0.2) is 12.1 Å². The van der Waals surface area contributed by atoms with Crippen molar-refractivity contribution in [3.8, 4) is 11.5 Å². The van der Waals surface area contributed by atoms with Crippen LogP contribution in [0.2, 0.25) is 0 Å². The molecule has 0 fully saturated rings. The lowest BCUT2D eigenvalue weighted by atomic mass is 10.0. The molecule has 4 N–H and O–H groups in total. The van der Waals surface area contributed by atoms with Crippen LogP contribution in [0.5, 0.6) is 11.5 Å². The summed E-state index contributed by atoms with van der Waals surface area (Å²) in [5.41, 5.74) is 8.00. The van der Waals surface area contributed by atoms with Gasteiger partial charge in [-0.2, -0.15) is 0 Å². The zero-order chi connectivity index (χ0) is 13.3. The van der Waals surface area contributed by atoms with E-state index in [4.69, 9.17) is 15.2 Å². The summed E-state index contributed by atoms with van der Waals surface area (Å²) in [6.45, 7) is 2.06. The highest BCUT2D eigenvalue weighted by Crippen LogP contribution is 2.39. The number of ether oxygens (including phenoxy) is 2. The summed E-state index contributed by atoms with van der Waals surface area (Å²) < 4.78 is 10.7. The SMILES string of the molecule is COc1ccc(OC)c2c(C(O)CN)c(C)[nH]c12. The van der Waals surface area contributed by atoms with Crippen molar-refractivity contribution in [3.05, 3.63) is 23.4 Å². The summed E-state index contributed by atoms with van der Waals surface area (Å²) in [4.78, 5) is 3.22. The van der Waals surface area contributed by atoms with Crippen molar-refractivity contribution >= 4 is 10.9 Å². The first-order chi connectivity index (χ1) is 8.63. The van der Waals surface area contributed by atoms with Gasteiger partial charge in [-0.05, 0) is 19.1 Å². The van der Waals surface area contributed by atoms with E-state index in [1.165, 1.54) is 0 Å². The molecule has 0 radical (unpaired) electrons. The monoisotopic (exact) mass is 250 g/mol. The van der Waals surface area contributed by atoms with Crippen molar-refractivity contribution in [3.63, 3.8) is 0 Å². The predicted molar refractivity (Wildman–Crippen MR) is 70.2 cm³/mol. The fourth-order valence-electron chi connectivity index (χ4n) is 2.27. The van der Waals surface area contributed by atoms with Crippen LogP contribution in [0.4, 0.5) is 0 Å². The number of rotatable bonds is 4. The Balaban J connectivity index is 2.81. The minimum atomic E-state index is -0.722. The maximum absolute atomic E-state index is 10.0. The third-order valence-corrected chi connectivity index (χ3v) is 3.11. The van der Waals surface area contributed by atoms with Crippen LogP contribution in [0.25, 0.3) is 10.9 Å². The van der Waals surface area contributed by atoms with Crippen LogP contribution >= 0.6 is 0 Å². The predicted octanol–water partition coefficient (Wildman–Crippen LogP) is 1.49. The zero-order valence-corrected chi connectivity index (χ0v) is 10.8. The van der Waals surface area contributed by atoms with Crippen molar-refractivity contribution in [2.75, 3.05) is 20.8 Å². The number of aryl methyl sites for hydroxylation is 1. The Bertz CT molecular complexity index is 563. The molecule has 0 saturated carbocycles. The van der Waals surface area contributed by atoms with Crippen molar-refractivity contribution in [2.24, 2.45) is 5.73 Å². The molecular weight excluding hydrogens is 232 g/mol. The number of hydrogen-bond donors (Lipinski definition) is 3. The number of aromatic nitrogens is 1. The van der Waals surface area contributed by atoms with Gasteiger partial charge in [0.05, 0.1) is 31.2 Å². The molecule has 0 aliphatic carbocycles. The largest absolute Gasteiger partial charge is 0.496 e. The molecule has 5 heteroatoms. The molecule has 18 heavy (non-hydrogen) atoms. The third kappa shape index (κ3) is 1.81. The molecule has 1 unspecified atom stereocenters. The number of benzene rings is 1. The minimum Gasteiger partial charge on any atom is -0.496 e. The highest BCUT2D eigenvalue weighted by molar-refractivity contribution is 5.95. The van der Waals surface area contributed by atoms with E-state index >= 15 is 0 Å². The zero-order valence-electron chi connectivity index (χ0n) is 10.8. The molecule has 1 aromatic heterocycles. The number of nitrogens with two attached hydrogens (primary N) is 1. The van der Waals surface area contributed by atoms with Gasteiger partial charge in [0.15, 0.2) is 0 Å². The summed E-state index contributed by atoms with van der Waals surface area (Å²) >= 11 is 0. The second-order valence-corrected chi connectivity index (χ2v) is 4.14. The number of nitrogens with one attached hydrogen (secondary N) is 1. The van der Waals surface area contributed by atoms with Gasteiger partial charge in [-0.1, -0.05) is 0 Å². The number of aromatic amines is 1. The first-order valence-corrected chi connectivity index (χ1v) is 5.75. The Morgan fingerprint density at radius 3 is 2.44 bits per heavy atom. The van der Waals surface area contributed by atoms with Crippen molar-refractivity contribution in [2.45, 2.75) is 13.0 Å². The molecular formula is C13H18N2O3. The van der Waals surface area contributed by atoms with Crippen molar-refractivity contribution in [1.82, 2.24) is 4.98 Å². The normalized spacial score (nSPS) is 12.7. The number of hydrogen-bond acceptors (Lipinski definition) is 4. The van der Waals surface area contributed by atoms with Gasteiger partial charge in [-0.3, -0.25) is 0 Å². The molecule has 5 nitrogen and oxygen atoms in total. The molecule has 0 aliphatic heterocycles. The van der Waals surface area contributed by atoms with Crippen molar-refractivity contribution in [1.29, 1.82) is 0 Å². The first-order valence-electron chi connectivity index (χ1n) is 5.75. The van der Waals surface area contributed by atoms with E-state index in [1.807, 2.05) is 19.1 Å². The molecule has 0 bridgehead atoms. The smallest absolute Gasteiger partial charge is 0.143 e. The molecule has 0 amide bonds. The second kappa shape index (κ2) is 4.88. The number of aliphatic hydroxyl groups excluding tert-OH is 1. The minimum absolute atomic E-state index is 0.161. The summed E-state index contributed by atoms with van der Waals surface area (Å²) in [5.74, 6) is 1.40. The Labute approximate surface area is 106 Å². The van der Waals surface area contributed by atoms with E-state index in [2.05, 4.69) is 4.98 Å². The third-order valence-electron chi connectivity index (χ3n) is 3.11. The fraction of sp³-hybridized carbons (Fsp3) is 0.385. The lowest BCUT2D eigenvalue weighted by Crippen LogP contribution is -2.12. The van der Waals surface area contributed by atoms with E-state index < -0.39 is 6.10 Å². The van der Waals surface area contributed by atoms with Gasteiger partial charge in [0.1, 0.15) is 11.5 Å². The van der Waals surface area contributed by atoms with E-state index in [-0.39, 0.29) is 6.54 Å². The molecule has 0 spiro atoms. The quantitative estimate of drug-likeness (QED) is 0.768. The van der Waals surface area contributed by atoms with E-state index in [0.717, 1.165) is 22.2 Å². The fourth-order valence-corrected chi connectivity index (χ4v) is 2.27. The van der Waals surface area contributed by atoms with Gasteiger partial charge in [0.25, 0.3) is 0 Å². The standard InChI is InChI=1S/C13H18N2O3/c1-7-11(8(16)6-14)12-9(17-2)4-5-10(18-3)13(12)15-7/h4-5,8,15-16H,6,14H2,1-3H3. The average molecular weight is 250 g/mol. The molecule has 0 aliphatic rings. The first kappa shape index (κ1) is 12.7. The molecule has 0 saturated heterocycles. The van der Waals surface area contributed by atoms with Crippen LogP contribution in [0, 0.1) is 6.92 Å². The van der Waals surface area contributed by atoms with Crippen molar-refractivity contribution < 1.29 is 14.6 Å². The molecule has 1 atom stereocenters. The Morgan fingerprint density at radius 2 is 1.89 bits per heavy atom. The van der Waals surface area contributed by atoms with Crippen LogP contribution in [0.1, 0.15) is 17.4 Å². The lowest BCUT2D eigenvalue weighted by molar-refractivity contribution is 0.187. The average Bonchev–Trinajstić information content (AvgIpc) is 2.73. The Hall–Kier alpha value is -1.72. The number of aliphatic hydroxyl groups is 1. The summed E-state index contributed by atoms with van der Waals surface area (Å²) in [5, 5.41) is 10.9. The van der Waals surface area contributed by atoms with Gasteiger partial charge < -0.3 is 25.3 Å². The number of H-pyrrole nitrogens is 1. The second-order valence-electron chi connectivity index (χ2n) is 4.14. The lowest BCUT2D eigenvalue weighted by Gasteiger charge is -2.11. The summed E-state index contributed by atoms with van der Waals surface area (Å²) in [7, 11) is 3.21. The van der Waals surface area contributed by atoms with Crippen LogP contribution < -0.4 is 15.2 Å². The maximum Gasteiger partial charge on any atom is 0.143 e. The molecule has 2 aromatic rings. The van der Waals surface area contributed by atoms with E-state index in [0.29, 0.717) is 11.5 Å². The summed E-state index contributed by atoms with van der Waals surface area (Å²) in [6, 6.07) is 3.65. The Kier molecular flexibility index (Phi) is 3.45. The molecule has 2 rings (SSSR count). The van der Waals surface area contributed by atoms with Gasteiger partial charge in [0.2, 0.25) is 0 Å².